The molecule has 0 aromatic heterocycles. The topological polar surface area (TPSA) is 40.5 Å². The van der Waals surface area contributed by atoms with Gasteiger partial charge in [-0.3, -0.25) is 9.69 Å². The molecule has 0 aromatic carbocycles. The predicted molar refractivity (Wildman–Crippen MR) is 65.6 cm³/mol. The Morgan fingerprint density at radius 3 is 2.44 bits per heavy atom. The molecule has 0 aliphatic heterocycles. The highest BCUT2D eigenvalue weighted by Crippen LogP contribution is 2.34. The van der Waals surface area contributed by atoms with Gasteiger partial charge in [-0.2, -0.15) is 0 Å². The van der Waals surface area contributed by atoms with Crippen molar-refractivity contribution in [1.82, 2.24) is 4.90 Å². The van der Waals surface area contributed by atoms with Crippen LogP contribution in [0, 0.1) is 0 Å². The van der Waals surface area contributed by atoms with Crippen molar-refractivity contribution in [2.45, 2.75) is 70.4 Å². The van der Waals surface area contributed by atoms with E-state index >= 15 is 0 Å². The van der Waals surface area contributed by atoms with E-state index in [4.69, 9.17) is 0 Å². The van der Waals surface area contributed by atoms with Gasteiger partial charge in [0, 0.05) is 6.04 Å². The standard InChI is InChI=1S/C13H25NO2/c1-4-5-6-7-10-13(2,12(15)16)14(3)11-8-9-11/h11H,4-10H2,1-3H3,(H,15,16). The highest BCUT2D eigenvalue weighted by Gasteiger charge is 2.43. The second-order valence-electron chi connectivity index (χ2n) is 5.23. The van der Waals surface area contributed by atoms with Crippen molar-refractivity contribution < 1.29 is 9.90 Å². The molecular weight excluding hydrogens is 202 g/mol. The number of likely N-dealkylation sites (N-methyl/N-ethyl adjacent to an activating group) is 1. The van der Waals surface area contributed by atoms with Crippen LogP contribution in [0.25, 0.3) is 0 Å². The first-order valence-corrected chi connectivity index (χ1v) is 6.48. The lowest BCUT2D eigenvalue weighted by Gasteiger charge is -2.35. The van der Waals surface area contributed by atoms with E-state index in [1.165, 1.54) is 12.8 Å². The van der Waals surface area contributed by atoms with Gasteiger partial charge in [-0.15, -0.1) is 0 Å². The molecule has 16 heavy (non-hydrogen) atoms. The molecule has 1 aliphatic carbocycles. The van der Waals surface area contributed by atoms with Crippen LogP contribution >= 0.6 is 0 Å². The fraction of sp³-hybridized carbons (Fsp3) is 0.923. The van der Waals surface area contributed by atoms with Crippen molar-refractivity contribution in [3.05, 3.63) is 0 Å². The zero-order chi connectivity index (χ0) is 12.2. The van der Waals surface area contributed by atoms with E-state index < -0.39 is 11.5 Å². The first-order valence-electron chi connectivity index (χ1n) is 6.48. The van der Waals surface area contributed by atoms with Crippen molar-refractivity contribution in [3.8, 4) is 0 Å². The molecule has 0 aromatic rings. The van der Waals surface area contributed by atoms with Crippen molar-refractivity contribution >= 4 is 5.97 Å². The molecule has 0 heterocycles. The maximum Gasteiger partial charge on any atom is 0.323 e. The van der Waals surface area contributed by atoms with Gasteiger partial charge in [-0.1, -0.05) is 32.6 Å². The van der Waals surface area contributed by atoms with Crippen LogP contribution in [0.1, 0.15) is 58.8 Å². The van der Waals surface area contributed by atoms with Gasteiger partial charge >= 0.3 is 5.97 Å². The summed E-state index contributed by atoms with van der Waals surface area (Å²) < 4.78 is 0. The minimum Gasteiger partial charge on any atom is -0.480 e. The number of carbonyl (C=O) groups is 1. The van der Waals surface area contributed by atoms with Crippen LogP contribution in [-0.2, 0) is 4.79 Å². The summed E-state index contributed by atoms with van der Waals surface area (Å²) in [6.07, 6.45) is 7.68. The summed E-state index contributed by atoms with van der Waals surface area (Å²) >= 11 is 0. The minimum atomic E-state index is -0.668. The van der Waals surface area contributed by atoms with Gasteiger partial charge in [0.2, 0.25) is 0 Å². The SMILES string of the molecule is CCCCCCC(C)(C(=O)O)N(C)C1CC1. The maximum atomic E-state index is 11.4. The van der Waals surface area contributed by atoms with Crippen LogP contribution in [0.5, 0.6) is 0 Å². The lowest BCUT2D eigenvalue weighted by Crippen LogP contribution is -2.51. The molecular formula is C13H25NO2. The van der Waals surface area contributed by atoms with Gasteiger partial charge in [0.05, 0.1) is 0 Å². The molecule has 3 nitrogen and oxygen atoms in total. The van der Waals surface area contributed by atoms with E-state index in [9.17, 15) is 9.90 Å². The molecule has 0 radical (unpaired) electrons. The van der Waals surface area contributed by atoms with Crippen molar-refractivity contribution in [2.75, 3.05) is 7.05 Å². The van der Waals surface area contributed by atoms with E-state index in [1.807, 2.05) is 14.0 Å². The molecule has 1 fully saturated rings. The minimum absolute atomic E-state index is 0.507. The molecule has 0 bridgehead atoms. The molecule has 1 N–H and O–H groups in total. The monoisotopic (exact) mass is 227 g/mol. The highest BCUT2D eigenvalue weighted by molar-refractivity contribution is 5.78. The Balaban J connectivity index is 2.47. The molecule has 94 valence electrons. The summed E-state index contributed by atoms with van der Waals surface area (Å²) in [7, 11) is 1.96. The van der Waals surface area contributed by atoms with E-state index in [1.54, 1.807) is 0 Å². The van der Waals surface area contributed by atoms with E-state index in [0.29, 0.717) is 6.04 Å². The van der Waals surface area contributed by atoms with Crippen molar-refractivity contribution in [1.29, 1.82) is 0 Å². The number of hydrogen-bond acceptors (Lipinski definition) is 2. The number of carboxylic acids is 1. The molecule has 1 rings (SSSR count). The van der Waals surface area contributed by atoms with Crippen LogP contribution in [0.4, 0.5) is 0 Å². The lowest BCUT2D eigenvalue weighted by molar-refractivity contribution is -0.150. The molecule has 1 atom stereocenters. The van der Waals surface area contributed by atoms with E-state index in [2.05, 4.69) is 11.8 Å². The molecule has 1 unspecified atom stereocenters. The quantitative estimate of drug-likeness (QED) is 0.648. The van der Waals surface area contributed by atoms with Crippen LogP contribution in [0.15, 0.2) is 0 Å². The van der Waals surface area contributed by atoms with Gasteiger partial charge in [0.1, 0.15) is 5.54 Å². The average molecular weight is 227 g/mol. The van der Waals surface area contributed by atoms with Crippen molar-refractivity contribution in [2.24, 2.45) is 0 Å². The summed E-state index contributed by atoms with van der Waals surface area (Å²) in [6.45, 7) is 4.05. The maximum absolute atomic E-state index is 11.4. The van der Waals surface area contributed by atoms with Gasteiger partial charge in [0.15, 0.2) is 0 Å². The third-order valence-corrected chi connectivity index (χ3v) is 3.85. The average Bonchev–Trinajstić information content (AvgIpc) is 3.06. The Morgan fingerprint density at radius 1 is 1.38 bits per heavy atom. The van der Waals surface area contributed by atoms with Crippen LogP contribution in [0.2, 0.25) is 0 Å². The summed E-state index contributed by atoms with van der Waals surface area (Å²) in [6, 6.07) is 0.507. The van der Waals surface area contributed by atoms with Crippen LogP contribution < -0.4 is 0 Å². The number of nitrogens with zero attached hydrogens (tertiary/aromatic N) is 1. The second kappa shape index (κ2) is 5.67. The molecule has 1 aliphatic rings. The largest absolute Gasteiger partial charge is 0.480 e. The molecule has 0 spiro atoms. The Hall–Kier alpha value is -0.570. The zero-order valence-corrected chi connectivity index (χ0v) is 10.8. The predicted octanol–water partition coefficient (Wildman–Crippen LogP) is 2.89. The Kier molecular flexibility index (Phi) is 4.78. The summed E-state index contributed by atoms with van der Waals surface area (Å²) in [4.78, 5) is 13.5. The van der Waals surface area contributed by atoms with Crippen LogP contribution in [-0.4, -0.2) is 34.6 Å². The number of carboxylic acid groups (broad SMARTS) is 1. The van der Waals surface area contributed by atoms with E-state index in [-0.39, 0.29) is 0 Å². The Labute approximate surface area is 98.8 Å². The van der Waals surface area contributed by atoms with Gasteiger partial charge in [-0.25, -0.2) is 0 Å². The molecule has 3 heteroatoms. The first-order chi connectivity index (χ1) is 7.52. The molecule has 1 saturated carbocycles. The van der Waals surface area contributed by atoms with Crippen LogP contribution in [0.3, 0.4) is 0 Å². The summed E-state index contributed by atoms with van der Waals surface area (Å²) in [5.41, 5.74) is -0.658. The summed E-state index contributed by atoms with van der Waals surface area (Å²) in [5, 5.41) is 9.39. The zero-order valence-electron chi connectivity index (χ0n) is 10.8. The van der Waals surface area contributed by atoms with Gasteiger partial charge < -0.3 is 5.11 Å². The Morgan fingerprint density at radius 2 is 2.00 bits per heavy atom. The number of aliphatic carboxylic acids is 1. The third kappa shape index (κ3) is 3.21. The second-order valence-corrected chi connectivity index (χ2v) is 5.23. The fourth-order valence-electron chi connectivity index (χ4n) is 2.19. The smallest absolute Gasteiger partial charge is 0.323 e. The number of hydrogen-bond donors (Lipinski definition) is 1. The van der Waals surface area contributed by atoms with Gasteiger partial charge in [0.25, 0.3) is 0 Å². The third-order valence-electron chi connectivity index (χ3n) is 3.85. The molecule has 0 saturated heterocycles. The normalized spacial score (nSPS) is 19.8. The highest BCUT2D eigenvalue weighted by atomic mass is 16.4. The lowest BCUT2D eigenvalue weighted by atomic mass is 9.92. The van der Waals surface area contributed by atoms with E-state index in [0.717, 1.165) is 32.1 Å². The summed E-state index contributed by atoms with van der Waals surface area (Å²) in [5.74, 6) is -0.668. The molecule has 0 amide bonds. The number of unbranched alkanes of at least 4 members (excludes halogenated alkanes) is 3. The Bertz CT molecular complexity index is 238. The first kappa shape index (κ1) is 13.5. The fourth-order valence-corrected chi connectivity index (χ4v) is 2.19. The van der Waals surface area contributed by atoms with Crippen molar-refractivity contribution in [3.63, 3.8) is 0 Å². The van der Waals surface area contributed by atoms with Gasteiger partial charge in [-0.05, 0) is 33.2 Å². The number of rotatable bonds is 8.